The highest BCUT2D eigenvalue weighted by molar-refractivity contribution is 9.10. The molecule has 120 valence electrons. The number of halogens is 1. The molecule has 0 aliphatic carbocycles. The lowest BCUT2D eigenvalue weighted by molar-refractivity contribution is 0.0992. The van der Waals surface area contributed by atoms with E-state index in [9.17, 15) is 0 Å². The summed E-state index contributed by atoms with van der Waals surface area (Å²) in [5.74, 6) is 0. The van der Waals surface area contributed by atoms with Crippen LogP contribution in [-0.2, 0) is 11.3 Å². The summed E-state index contributed by atoms with van der Waals surface area (Å²) in [6.07, 6.45) is 9.31. The van der Waals surface area contributed by atoms with Gasteiger partial charge in [0.15, 0.2) is 0 Å². The van der Waals surface area contributed by atoms with Crippen LogP contribution in [0.4, 0.5) is 0 Å². The molecule has 4 nitrogen and oxygen atoms in total. The molecule has 1 aliphatic rings. The molecule has 1 aromatic heterocycles. The van der Waals surface area contributed by atoms with Gasteiger partial charge in [0.05, 0.1) is 28.5 Å². The first-order chi connectivity index (χ1) is 10.3. The molecule has 2 rings (SSSR count). The van der Waals surface area contributed by atoms with Gasteiger partial charge in [0.2, 0.25) is 0 Å². The Hall–Kier alpha value is -0.390. The molecule has 1 aromatic rings. The first-order valence-corrected chi connectivity index (χ1v) is 9.11. The summed E-state index contributed by atoms with van der Waals surface area (Å²) < 4.78 is 9.04. The van der Waals surface area contributed by atoms with Gasteiger partial charge in [0, 0.05) is 13.2 Å². The predicted octanol–water partition coefficient (Wildman–Crippen LogP) is 4.06. The molecule has 1 saturated heterocycles. The smallest absolute Gasteiger partial charge is 0.0695 e. The fourth-order valence-corrected chi connectivity index (χ4v) is 3.56. The van der Waals surface area contributed by atoms with Crippen LogP contribution in [0.5, 0.6) is 0 Å². The summed E-state index contributed by atoms with van der Waals surface area (Å²) in [6, 6.07) is 0.359. The van der Waals surface area contributed by atoms with E-state index in [1.807, 2.05) is 6.20 Å². The van der Waals surface area contributed by atoms with E-state index in [1.54, 1.807) is 0 Å². The van der Waals surface area contributed by atoms with E-state index in [-0.39, 0.29) is 0 Å². The zero-order valence-corrected chi connectivity index (χ0v) is 14.9. The molecule has 5 heteroatoms. The molecule has 0 saturated carbocycles. The van der Waals surface area contributed by atoms with Crippen molar-refractivity contribution in [2.75, 3.05) is 13.2 Å². The number of ether oxygens (including phenoxy) is 1. The van der Waals surface area contributed by atoms with Crippen LogP contribution in [0.2, 0.25) is 0 Å². The molecule has 1 N–H and O–H groups in total. The molecule has 21 heavy (non-hydrogen) atoms. The van der Waals surface area contributed by atoms with Crippen molar-refractivity contribution in [3.8, 4) is 0 Å². The Bertz CT molecular complexity index is 416. The zero-order valence-electron chi connectivity index (χ0n) is 13.3. The topological polar surface area (TPSA) is 39.1 Å². The van der Waals surface area contributed by atoms with Crippen molar-refractivity contribution in [1.82, 2.24) is 15.1 Å². The van der Waals surface area contributed by atoms with Crippen LogP contribution in [0.1, 0.15) is 64.1 Å². The van der Waals surface area contributed by atoms with Gasteiger partial charge in [-0.05, 0) is 61.0 Å². The summed E-state index contributed by atoms with van der Waals surface area (Å²) in [5, 5.41) is 8.20. The second-order valence-corrected chi connectivity index (χ2v) is 6.67. The molecule has 0 spiro atoms. The molecule has 0 radical (unpaired) electrons. The normalized spacial score (nSPS) is 20.0. The maximum absolute atomic E-state index is 5.77. The second-order valence-electron chi connectivity index (χ2n) is 5.82. The Labute approximate surface area is 136 Å². The third-order valence-electron chi connectivity index (χ3n) is 4.04. The molecule has 0 aromatic carbocycles. The van der Waals surface area contributed by atoms with Crippen LogP contribution < -0.4 is 5.32 Å². The van der Waals surface area contributed by atoms with E-state index in [0.29, 0.717) is 12.1 Å². The van der Waals surface area contributed by atoms with Gasteiger partial charge in [0.25, 0.3) is 0 Å². The van der Waals surface area contributed by atoms with Gasteiger partial charge in [-0.2, -0.15) is 5.10 Å². The Balaban J connectivity index is 2.04. The zero-order chi connectivity index (χ0) is 15.1. The third-order valence-corrected chi connectivity index (χ3v) is 4.65. The van der Waals surface area contributed by atoms with E-state index < -0.39 is 0 Å². The molecule has 0 amide bonds. The molecular formula is C16H28BrN3O. The number of rotatable bonds is 9. The minimum atomic E-state index is 0.359. The largest absolute Gasteiger partial charge is 0.378 e. The highest BCUT2D eigenvalue weighted by Gasteiger charge is 2.22. The molecule has 1 aliphatic heterocycles. The standard InChI is InChI=1S/C16H28BrN3O/c1-3-9-18-15(8-7-13-6-5-11-21-13)16-14(17)12-19-20(16)10-4-2/h12-13,15,18H,3-11H2,1-2H3. The average molecular weight is 358 g/mol. The lowest BCUT2D eigenvalue weighted by Crippen LogP contribution is -2.26. The minimum Gasteiger partial charge on any atom is -0.378 e. The molecule has 2 unspecified atom stereocenters. The van der Waals surface area contributed by atoms with Crippen molar-refractivity contribution in [3.05, 3.63) is 16.4 Å². The third kappa shape index (κ3) is 4.80. The SMILES string of the molecule is CCCNC(CCC1CCCO1)c1c(Br)cnn1CCC. The first-order valence-electron chi connectivity index (χ1n) is 8.32. The van der Waals surface area contributed by atoms with Gasteiger partial charge < -0.3 is 10.1 Å². The minimum absolute atomic E-state index is 0.359. The summed E-state index contributed by atoms with van der Waals surface area (Å²) in [4.78, 5) is 0. The summed E-state index contributed by atoms with van der Waals surface area (Å²) in [7, 11) is 0. The number of aromatic nitrogens is 2. The summed E-state index contributed by atoms with van der Waals surface area (Å²) in [5.41, 5.74) is 1.29. The number of aryl methyl sites for hydroxylation is 1. The fourth-order valence-electron chi connectivity index (χ4n) is 2.99. The van der Waals surface area contributed by atoms with Crippen molar-refractivity contribution in [3.63, 3.8) is 0 Å². The Morgan fingerprint density at radius 2 is 2.33 bits per heavy atom. The lowest BCUT2D eigenvalue weighted by atomic mass is 10.0. The molecule has 2 heterocycles. The van der Waals surface area contributed by atoms with Crippen LogP contribution in [0.25, 0.3) is 0 Å². The van der Waals surface area contributed by atoms with Crippen molar-refractivity contribution in [2.45, 2.75) is 71.1 Å². The Kier molecular flexibility index (Phi) is 7.20. The quantitative estimate of drug-likeness (QED) is 0.724. The maximum atomic E-state index is 5.77. The van der Waals surface area contributed by atoms with Crippen LogP contribution in [-0.4, -0.2) is 29.0 Å². The first kappa shape index (κ1) is 17.0. The van der Waals surface area contributed by atoms with Crippen molar-refractivity contribution in [1.29, 1.82) is 0 Å². The Morgan fingerprint density at radius 1 is 1.48 bits per heavy atom. The van der Waals surface area contributed by atoms with Crippen LogP contribution in [0, 0.1) is 0 Å². The fraction of sp³-hybridized carbons (Fsp3) is 0.812. The van der Waals surface area contributed by atoms with Crippen LogP contribution in [0.3, 0.4) is 0 Å². The van der Waals surface area contributed by atoms with Crippen LogP contribution >= 0.6 is 15.9 Å². The number of nitrogens with one attached hydrogen (secondary N) is 1. The molecule has 0 bridgehead atoms. The van der Waals surface area contributed by atoms with E-state index in [0.717, 1.165) is 49.9 Å². The monoisotopic (exact) mass is 357 g/mol. The second kappa shape index (κ2) is 8.91. The van der Waals surface area contributed by atoms with Crippen molar-refractivity contribution in [2.24, 2.45) is 0 Å². The molecule has 2 atom stereocenters. The number of hydrogen-bond donors (Lipinski definition) is 1. The highest BCUT2D eigenvalue weighted by Crippen LogP contribution is 2.29. The van der Waals surface area contributed by atoms with Gasteiger partial charge in [0.1, 0.15) is 0 Å². The Morgan fingerprint density at radius 3 is 3.00 bits per heavy atom. The van der Waals surface area contributed by atoms with Gasteiger partial charge in [-0.25, -0.2) is 0 Å². The summed E-state index contributed by atoms with van der Waals surface area (Å²) >= 11 is 3.68. The van der Waals surface area contributed by atoms with Crippen molar-refractivity contribution >= 4 is 15.9 Å². The van der Waals surface area contributed by atoms with Gasteiger partial charge in [-0.15, -0.1) is 0 Å². The van der Waals surface area contributed by atoms with E-state index in [1.165, 1.54) is 18.5 Å². The van der Waals surface area contributed by atoms with E-state index in [4.69, 9.17) is 4.74 Å². The van der Waals surface area contributed by atoms with E-state index >= 15 is 0 Å². The number of nitrogens with zero attached hydrogens (tertiary/aromatic N) is 2. The lowest BCUT2D eigenvalue weighted by Gasteiger charge is -2.22. The van der Waals surface area contributed by atoms with E-state index in [2.05, 4.69) is 44.9 Å². The average Bonchev–Trinajstić information content (AvgIpc) is 3.11. The number of hydrogen-bond acceptors (Lipinski definition) is 3. The van der Waals surface area contributed by atoms with Crippen LogP contribution in [0.15, 0.2) is 10.7 Å². The molecule has 1 fully saturated rings. The maximum Gasteiger partial charge on any atom is 0.0695 e. The van der Waals surface area contributed by atoms with Gasteiger partial charge >= 0.3 is 0 Å². The predicted molar refractivity (Wildman–Crippen MR) is 89.5 cm³/mol. The van der Waals surface area contributed by atoms with Gasteiger partial charge in [-0.3, -0.25) is 4.68 Å². The molecular weight excluding hydrogens is 330 g/mol. The van der Waals surface area contributed by atoms with Crippen molar-refractivity contribution < 1.29 is 4.74 Å². The van der Waals surface area contributed by atoms with Gasteiger partial charge in [-0.1, -0.05) is 13.8 Å². The summed E-state index contributed by atoms with van der Waals surface area (Å²) in [6.45, 7) is 7.36. The highest BCUT2D eigenvalue weighted by atomic mass is 79.9.